The molecular formula is C10H14F2O2. The molecule has 4 heteroatoms. The molecule has 1 N–H and O–H groups in total. The second-order valence-electron chi connectivity index (χ2n) is 3.91. The van der Waals surface area contributed by atoms with Gasteiger partial charge in [0, 0.05) is 0 Å². The fourth-order valence-corrected chi connectivity index (χ4v) is 2.22. The first kappa shape index (κ1) is 11.1. The Hall–Kier alpha value is -0.930. The normalized spacial score (nSPS) is 21.6. The van der Waals surface area contributed by atoms with E-state index in [2.05, 4.69) is 0 Å². The second kappa shape index (κ2) is 4.07. The number of halogens is 2. The van der Waals surface area contributed by atoms with Crippen LogP contribution in [0.1, 0.15) is 32.6 Å². The first-order valence-corrected chi connectivity index (χ1v) is 4.75. The molecule has 0 spiro atoms. The molecule has 1 unspecified atom stereocenters. The van der Waals surface area contributed by atoms with Crippen LogP contribution in [0.4, 0.5) is 8.78 Å². The molecule has 1 fully saturated rings. The number of carboxylic acids is 1. The number of rotatable bonds is 3. The van der Waals surface area contributed by atoms with Crippen LogP contribution in [0, 0.1) is 11.3 Å². The summed E-state index contributed by atoms with van der Waals surface area (Å²) in [6, 6.07) is 0. The van der Waals surface area contributed by atoms with E-state index in [9.17, 15) is 13.6 Å². The summed E-state index contributed by atoms with van der Waals surface area (Å²) in [5, 5.41) is 9.07. The molecule has 0 aromatic heterocycles. The van der Waals surface area contributed by atoms with Crippen LogP contribution in [-0.4, -0.2) is 11.1 Å². The minimum atomic E-state index is -1.79. The van der Waals surface area contributed by atoms with Crippen LogP contribution in [0.5, 0.6) is 0 Å². The van der Waals surface area contributed by atoms with Crippen LogP contribution >= 0.6 is 0 Å². The van der Waals surface area contributed by atoms with Gasteiger partial charge in [0.05, 0.1) is 5.41 Å². The Morgan fingerprint density at radius 3 is 2.29 bits per heavy atom. The molecular weight excluding hydrogens is 190 g/mol. The first-order chi connectivity index (χ1) is 6.49. The molecule has 1 saturated carbocycles. The smallest absolute Gasteiger partial charge is 0.310 e. The summed E-state index contributed by atoms with van der Waals surface area (Å²) in [5.41, 5.74) is -0.955. The number of allylic oxidation sites excluding steroid dienone is 1. The summed E-state index contributed by atoms with van der Waals surface area (Å²) < 4.78 is 24.1. The monoisotopic (exact) mass is 204 g/mol. The van der Waals surface area contributed by atoms with Crippen molar-refractivity contribution in [2.45, 2.75) is 32.6 Å². The molecule has 2 nitrogen and oxygen atoms in total. The van der Waals surface area contributed by atoms with E-state index in [0.717, 1.165) is 18.9 Å². The van der Waals surface area contributed by atoms with Crippen molar-refractivity contribution in [3.63, 3.8) is 0 Å². The molecule has 14 heavy (non-hydrogen) atoms. The van der Waals surface area contributed by atoms with Crippen LogP contribution in [0.2, 0.25) is 0 Å². The lowest BCUT2D eigenvalue weighted by atomic mass is 9.75. The van der Waals surface area contributed by atoms with Crippen molar-refractivity contribution in [1.82, 2.24) is 0 Å². The van der Waals surface area contributed by atoms with Gasteiger partial charge in [-0.2, -0.15) is 8.78 Å². The molecule has 1 rings (SSSR count). The topological polar surface area (TPSA) is 37.3 Å². The van der Waals surface area contributed by atoms with Gasteiger partial charge >= 0.3 is 5.97 Å². The third-order valence-corrected chi connectivity index (χ3v) is 3.17. The maximum absolute atomic E-state index is 12.0. The summed E-state index contributed by atoms with van der Waals surface area (Å²) in [5.74, 6) is -1.53. The summed E-state index contributed by atoms with van der Waals surface area (Å²) in [7, 11) is 0. The van der Waals surface area contributed by atoms with Crippen molar-refractivity contribution < 1.29 is 18.7 Å². The van der Waals surface area contributed by atoms with Crippen molar-refractivity contribution in [2.75, 3.05) is 0 Å². The maximum Gasteiger partial charge on any atom is 0.310 e. The van der Waals surface area contributed by atoms with Gasteiger partial charge in [0.15, 0.2) is 0 Å². The fraction of sp³-hybridized carbons (Fsp3) is 0.700. The standard InChI is InChI=1S/C10H14F2O2/c1-7(6-8(11)12)10(9(13)14)4-2-3-5-10/h6-7H,2-5H2,1H3,(H,13,14). The number of hydrogen-bond donors (Lipinski definition) is 1. The zero-order valence-corrected chi connectivity index (χ0v) is 8.09. The average Bonchev–Trinajstić information content (AvgIpc) is 2.51. The Morgan fingerprint density at radius 1 is 1.43 bits per heavy atom. The van der Waals surface area contributed by atoms with E-state index in [0.29, 0.717) is 12.8 Å². The predicted octanol–water partition coefficient (Wildman–Crippen LogP) is 3.05. The highest BCUT2D eigenvalue weighted by Crippen LogP contribution is 2.45. The van der Waals surface area contributed by atoms with Crippen molar-refractivity contribution in [1.29, 1.82) is 0 Å². The molecule has 0 aromatic carbocycles. The van der Waals surface area contributed by atoms with Crippen molar-refractivity contribution in [3.8, 4) is 0 Å². The molecule has 0 amide bonds. The van der Waals surface area contributed by atoms with E-state index in [1.807, 2.05) is 0 Å². The highest BCUT2D eigenvalue weighted by atomic mass is 19.3. The van der Waals surface area contributed by atoms with E-state index in [-0.39, 0.29) is 0 Å². The average molecular weight is 204 g/mol. The number of aliphatic carboxylic acids is 1. The third-order valence-electron chi connectivity index (χ3n) is 3.17. The lowest BCUT2D eigenvalue weighted by Gasteiger charge is -2.28. The van der Waals surface area contributed by atoms with Crippen LogP contribution in [0.3, 0.4) is 0 Å². The van der Waals surface area contributed by atoms with Gasteiger partial charge < -0.3 is 5.11 Å². The number of carbonyl (C=O) groups is 1. The van der Waals surface area contributed by atoms with E-state index in [1.165, 1.54) is 0 Å². The van der Waals surface area contributed by atoms with Gasteiger partial charge in [0.2, 0.25) is 0 Å². The van der Waals surface area contributed by atoms with E-state index in [1.54, 1.807) is 6.92 Å². The molecule has 80 valence electrons. The Bertz CT molecular complexity index is 251. The molecule has 0 radical (unpaired) electrons. The Balaban J connectivity index is 2.88. The summed E-state index contributed by atoms with van der Waals surface area (Å²) in [6.45, 7) is 1.55. The molecule has 1 aliphatic carbocycles. The van der Waals surface area contributed by atoms with Gasteiger partial charge in [-0.15, -0.1) is 0 Å². The van der Waals surface area contributed by atoms with Crippen LogP contribution in [-0.2, 0) is 4.79 Å². The van der Waals surface area contributed by atoms with Crippen molar-refractivity contribution in [2.24, 2.45) is 11.3 Å². The molecule has 0 heterocycles. The molecule has 0 aliphatic heterocycles. The summed E-state index contributed by atoms with van der Waals surface area (Å²) in [4.78, 5) is 11.1. The summed E-state index contributed by atoms with van der Waals surface area (Å²) in [6.07, 6.45) is 1.63. The van der Waals surface area contributed by atoms with Crippen molar-refractivity contribution >= 4 is 5.97 Å². The van der Waals surface area contributed by atoms with Gasteiger partial charge in [-0.25, -0.2) is 0 Å². The highest BCUT2D eigenvalue weighted by molar-refractivity contribution is 5.75. The quantitative estimate of drug-likeness (QED) is 0.767. The minimum Gasteiger partial charge on any atom is -0.481 e. The van der Waals surface area contributed by atoms with Crippen LogP contribution in [0.15, 0.2) is 12.2 Å². The van der Waals surface area contributed by atoms with Gasteiger partial charge in [0.25, 0.3) is 6.08 Å². The lowest BCUT2D eigenvalue weighted by molar-refractivity contribution is -0.150. The molecule has 0 saturated heterocycles. The van der Waals surface area contributed by atoms with E-state index in [4.69, 9.17) is 5.11 Å². The summed E-state index contributed by atoms with van der Waals surface area (Å²) >= 11 is 0. The fourth-order valence-electron chi connectivity index (χ4n) is 2.22. The first-order valence-electron chi connectivity index (χ1n) is 4.75. The molecule has 0 bridgehead atoms. The lowest BCUT2D eigenvalue weighted by Crippen LogP contribution is -2.33. The van der Waals surface area contributed by atoms with Gasteiger partial charge in [-0.1, -0.05) is 19.8 Å². The predicted molar refractivity (Wildman–Crippen MR) is 48.0 cm³/mol. The van der Waals surface area contributed by atoms with Gasteiger partial charge in [-0.05, 0) is 24.8 Å². The molecule has 1 atom stereocenters. The van der Waals surface area contributed by atoms with Crippen LogP contribution in [0.25, 0.3) is 0 Å². The highest BCUT2D eigenvalue weighted by Gasteiger charge is 2.45. The Kier molecular flexibility index (Phi) is 3.24. The maximum atomic E-state index is 12.0. The Morgan fingerprint density at radius 2 is 1.93 bits per heavy atom. The zero-order chi connectivity index (χ0) is 10.8. The molecule has 0 aromatic rings. The van der Waals surface area contributed by atoms with E-state index < -0.39 is 23.4 Å². The zero-order valence-electron chi connectivity index (χ0n) is 8.09. The minimum absolute atomic E-state index is 0.507. The van der Waals surface area contributed by atoms with Gasteiger partial charge in [-0.3, -0.25) is 4.79 Å². The SMILES string of the molecule is CC(C=C(F)F)C1(C(=O)O)CCCC1. The van der Waals surface area contributed by atoms with Crippen molar-refractivity contribution in [3.05, 3.63) is 12.2 Å². The number of hydrogen-bond acceptors (Lipinski definition) is 1. The second-order valence-corrected chi connectivity index (χ2v) is 3.91. The Labute approximate surface area is 81.6 Å². The van der Waals surface area contributed by atoms with Gasteiger partial charge in [0.1, 0.15) is 0 Å². The van der Waals surface area contributed by atoms with E-state index >= 15 is 0 Å². The largest absolute Gasteiger partial charge is 0.481 e. The molecule has 1 aliphatic rings. The number of carboxylic acid groups (broad SMARTS) is 1. The van der Waals surface area contributed by atoms with Crippen LogP contribution < -0.4 is 0 Å². The third kappa shape index (κ3) is 1.94.